The van der Waals surface area contributed by atoms with Gasteiger partial charge in [-0.3, -0.25) is 0 Å². The molecule has 12 atom stereocenters. The van der Waals surface area contributed by atoms with Gasteiger partial charge in [0.1, 0.15) is 0 Å². The first-order valence-corrected chi connectivity index (χ1v) is 13.8. The first kappa shape index (κ1) is 21.4. The van der Waals surface area contributed by atoms with Crippen LogP contribution in [0.5, 0.6) is 0 Å². The number of hydrogen-bond acceptors (Lipinski definition) is 3. The summed E-state index contributed by atoms with van der Waals surface area (Å²) in [5.74, 6) is 6.12. The van der Waals surface area contributed by atoms with Crippen LogP contribution in [0.25, 0.3) is 0 Å². The fourth-order valence-electron chi connectivity index (χ4n) is 10.6. The zero-order chi connectivity index (χ0) is 21.6. The second-order valence-electron chi connectivity index (χ2n) is 13.6. The lowest BCUT2D eigenvalue weighted by atomic mass is 9.44. The van der Waals surface area contributed by atoms with Crippen LogP contribution in [-0.2, 0) is 9.47 Å². The van der Waals surface area contributed by atoms with Crippen molar-refractivity contribution in [1.82, 2.24) is 0 Å². The predicted molar refractivity (Wildman–Crippen MR) is 124 cm³/mol. The Hall–Kier alpha value is -0.120. The van der Waals surface area contributed by atoms with E-state index in [1.165, 1.54) is 57.8 Å². The van der Waals surface area contributed by atoms with Gasteiger partial charge in [-0.05, 0) is 117 Å². The third-order valence-corrected chi connectivity index (χ3v) is 12.4. The van der Waals surface area contributed by atoms with Gasteiger partial charge in [0, 0.05) is 12.3 Å². The van der Waals surface area contributed by atoms with E-state index in [0.717, 1.165) is 49.2 Å². The van der Waals surface area contributed by atoms with Crippen molar-refractivity contribution in [3.05, 3.63) is 0 Å². The Balaban J connectivity index is 1.24. The summed E-state index contributed by atoms with van der Waals surface area (Å²) in [7, 11) is 0. The molecule has 2 aliphatic heterocycles. The van der Waals surface area contributed by atoms with Gasteiger partial charge in [0.15, 0.2) is 5.79 Å². The molecule has 6 rings (SSSR count). The van der Waals surface area contributed by atoms with Crippen molar-refractivity contribution in [2.45, 2.75) is 104 Å². The van der Waals surface area contributed by atoms with Crippen molar-refractivity contribution in [1.29, 1.82) is 0 Å². The van der Waals surface area contributed by atoms with E-state index >= 15 is 0 Å². The molecule has 5 unspecified atom stereocenters. The van der Waals surface area contributed by atoms with Gasteiger partial charge in [0.05, 0.1) is 12.7 Å². The molecule has 2 saturated heterocycles. The van der Waals surface area contributed by atoms with Crippen LogP contribution in [0, 0.1) is 58.2 Å². The van der Waals surface area contributed by atoms with Gasteiger partial charge in [-0.2, -0.15) is 0 Å². The SMILES string of the molecule is CC1[C@H]2[C@H](CC3C4CCC5C[C@@H](CN)CC[C@]5(C)C4CC[C@@]32C)O[C@]12CC[C@@H](C)CO2. The second-order valence-corrected chi connectivity index (χ2v) is 13.6. The van der Waals surface area contributed by atoms with E-state index in [-0.39, 0.29) is 5.79 Å². The van der Waals surface area contributed by atoms with Crippen LogP contribution in [0.2, 0.25) is 0 Å². The lowest BCUT2D eigenvalue weighted by Gasteiger charge is -2.61. The standard InChI is InChI=1S/C28H47NO2/c1-17-7-12-28(30-16-17)18(2)25-24(31-28)14-23-21-6-5-20-13-19(15-29)8-10-26(20,3)22(21)9-11-27(23,25)4/h17-25H,5-16,29H2,1-4H3/t17-,18?,19+,20?,21?,22?,23?,24+,25+,26+,27+,28-/m1/s1. The Morgan fingerprint density at radius 2 is 1.68 bits per heavy atom. The normalized spacial score (nSPS) is 60.9. The molecule has 3 nitrogen and oxygen atoms in total. The maximum absolute atomic E-state index is 6.94. The molecule has 6 aliphatic rings. The number of fused-ring (bicyclic) bond motifs is 7. The van der Waals surface area contributed by atoms with Crippen molar-refractivity contribution < 1.29 is 9.47 Å². The minimum absolute atomic E-state index is 0.267. The smallest absolute Gasteiger partial charge is 0.171 e. The van der Waals surface area contributed by atoms with Gasteiger partial charge in [-0.1, -0.05) is 27.7 Å². The van der Waals surface area contributed by atoms with Gasteiger partial charge in [-0.15, -0.1) is 0 Å². The summed E-state index contributed by atoms with van der Waals surface area (Å²) < 4.78 is 13.4. The number of hydrogen-bond donors (Lipinski definition) is 1. The topological polar surface area (TPSA) is 44.5 Å². The summed E-state index contributed by atoms with van der Waals surface area (Å²) in [6.07, 6.45) is 14.1. The third kappa shape index (κ3) is 2.88. The Labute approximate surface area is 190 Å². The highest BCUT2D eigenvalue weighted by atomic mass is 16.7. The van der Waals surface area contributed by atoms with Crippen LogP contribution in [0.15, 0.2) is 0 Å². The van der Waals surface area contributed by atoms with Gasteiger partial charge < -0.3 is 15.2 Å². The number of ether oxygens (including phenoxy) is 2. The van der Waals surface area contributed by atoms with E-state index in [1.807, 2.05) is 0 Å². The average molecular weight is 430 g/mol. The van der Waals surface area contributed by atoms with Gasteiger partial charge >= 0.3 is 0 Å². The lowest BCUT2D eigenvalue weighted by Crippen LogP contribution is -2.55. The van der Waals surface area contributed by atoms with Gasteiger partial charge in [-0.25, -0.2) is 0 Å². The molecule has 0 aromatic heterocycles. The highest BCUT2D eigenvalue weighted by Crippen LogP contribution is 2.71. The summed E-state index contributed by atoms with van der Waals surface area (Å²) >= 11 is 0. The largest absolute Gasteiger partial charge is 0.349 e. The average Bonchev–Trinajstić information content (AvgIpc) is 3.20. The van der Waals surface area contributed by atoms with Crippen molar-refractivity contribution in [3.63, 3.8) is 0 Å². The monoisotopic (exact) mass is 429 g/mol. The molecule has 1 spiro atoms. The van der Waals surface area contributed by atoms with E-state index in [1.54, 1.807) is 0 Å². The van der Waals surface area contributed by atoms with Crippen molar-refractivity contribution in [3.8, 4) is 0 Å². The van der Waals surface area contributed by atoms with Gasteiger partial charge in [0.25, 0.3) is 0 Å². The quantitative estimate of drug-likeness (QED) is 0.555. The molecule has 0 amide bonds. The zero-order valence-corrected chi connectivity index (χ0v) is 20.6. The van der Waals surface area contributed by atoms with Crippen LogP contribution in [-0.4, -0.2) is 25.0 Å². The highest BCUT2D eigenvalue weighted by molar-refractivity contribution is 5.15. The van der Waals surface area contributed by atoms with Crippen molar-refractivity contribution >= 4 is 0 Å². The predicted octanol–water partition coefficient (Wildman–Crippen LogP) is 6.01. The molecule has 4 aliphatic carbocycles. The summed E-state index contributed by atoms with van der Waals surface area (Å²) in [5.41, 5.74) is 7.13. The molecular formula is C28H47NO2. The van der Waals surface area contributed by atoms with Crippen LogP contribution >= 0.6 is 0 Å². The zero-order valence-electron chi connectivity index (χ0n) is 20.6. The fourth-order valence-corrected chi connectivity index (χ4v) is 10.6. The molecule has 0 aromatic carbocycles. The maximum atomic E-state index is 6.94. The van der Waals surface area contributed by atoms with E-state index in [0.29, 0.717) is 34.7 Å². The second kappa shape index (κ2) is 7.19. The highest BCUT2D eigenvalue weighted by Gasteiger charge is 2.69. The molecule has 2 heterocycles. The molecule has 31 heavy (non-hydrogen) atoms. The third-order valence-electron chi connectivity index (χ3n) is 12.4. The molecule has 0 bridgehead atoms. The van der Waals surface area contributed by atoms with E-state index in [4.69, 9.17) is 15.2 Å². The molecule has 2 N–H and O–H groups in total. The van der Waals surface area contributed by atoms with E-state index in [9.17, 15) is 0 Å². The number of nitrogens with two attached hydrogens (primary N) is 1. The molecule has 3 heteroatoms. The minimum atomic E-state index is -0.267. The molecule has 176 valence electrons. The van der Waals surface area contributed by atoms with Crippen LogP contribution in [0.4, 0.5) is 0 Å². The molecule has 4 saturated carbocycles. The summed E-state index contributed by atoms with van der Waals surface area (Å²) in [5, 5.41) is 0. The van der Waals surface area contributed by atoms with Crippen molar-refractivity contribution in [2.24, 2.45) is 63.9 Å². The summed E-state index contributed by atoms with van der Waals surface area (Å²) in [6.45, 7) is 11.9. The first-order valence-electron chi connectivity index (χ1n) is 13.8. The number of rotatable bonds is 1. The summed E-state index contributed by atoms with van der Waals surface area (Å²) in [6, 6.07) is 0. The molecule has 6 fully saturated rings. The van der Waals surface area contributed by atoms with Gasteiger partial charge in [0.2, 0.25) is 0 Å². The van der Waals surface area contributed by atoms with Crippen LogP contribution in [0.1, 0.15) is 91.9 Å². The lowest BCUT2D eigenvalue weighted by molar-refractivity contribution is -0.273. The minimum Gasteiger partial charge on any atom is -0.349 e. The molecular weight excluding hydrogens is 382 g/mol. The Bertz CT molecular complexity index is 701. The molecule has 0 radical (unpaired) electrons. The fraction of sp³-hybridized carbons (Fsp3) is 1.00. The molecule has 0 aromatic rings. The van der Waals surface area contributed by atoms with E-state index < -0.39 is 0 Å². The maximum Gasteiger partial charge on any atom is 0.171 e. The van der Waals surface area contributed by atoms with Crippen LogP contribution < -0.4 is 5.73 Å². The summed E-state index contributed by atoms with van der Waals surface area (Å²) in [4.78, 5) is 0. The Kier molecular flexibility index (Phi) is 4.97. The Morgan fingerprint density at radius 3 is 2.42 bits per heavy atom. The van der Waals surface area contributed by atoms with Crippen molar-refractivity contribution in [2.75, 3.05) is 13.2 Å². The van der Waals surface area contributed by atoms with Crippen LogP contribution in [0.3, 0.4) is 0 Å². The Morgan fingerprint density at radius 1 is 0.871 bits per heavy atom. The first-order chi connectivity index (χ1) is 14.8. The van der Waals surface area contributed by atoms with E-state index in [2.05, 4.69) is 27.7 Å².